The smallest absolute Gasteiger partial charge is 0.163 e. The Bertz CT molecular complexity index is 1680. The average molecular weight is 506 g/mol. The van der Waals surface area contributed by atoms with Gasteiger partial charge in [-0.05, 0) is 67.0 Å². The number of pyridine rings is 2. The van der Waals surface area contributed by atoms with Crippen molar-refractivity contribution in [3.8, 4) is 11.4 Å². The van der Waals surface area contributed by atoms with Gasteiger partial charge in [-0.2, -0.15) is 0 Å². The van der Waals surface area contributed by atoms with Crippen LogP contribution < -0.4 is 10.2 Å². The van der Waals surface area contributed by atoms with Gasteiger partial charge in [0.15, 0.2) is 5.82 Å². The SMILES string of the molecule is Fc1ccc(C2(c3cc4c(-c5nc(N6CCNCC6)c6c(C7CC7)cncc6n5)ccnc4[nH]3)CC2)cc1. The molecule has 4 aromatic heterocycles. The van der Waals surface area contributed by atoms with Crippen LogP contribution in [0.3, 0.4) is 0 Å². The number of aromatic amines is 1. The van der Waals surface area contributed by atoms with Gasteiger partial charge in [-0.25, -0.2) is 19.3 Å². The molecule has 0 atom stereocenters. The molecule has 1 saturated heterocycles. The number of aromatic nitrogens is 5. The molecule has 8 rings (SSSR count). The monoisotopic (exact) mass is 505 g/mol. The maximum atomic E-state index is 13.6. The Morgan fingerprint density at radius 1 is 0.974 bits per heavy atom. The number of nitrogens with zero attached hydrogens (tertiary/aromatic N) is 5. The van der Waals surface area contributed by atoms with Crippen molar-refractivity contribution in [3.63, 3.8) is 0 Å². The average Bonchev–Trinajstić information content (AvgIpc) is 3.90. The maximum Gasteiger partial charge on any atom is 0.163 e. The first-order valence-corrected chi connectivity index (χ1v) is 13.6. The third-order valence-electron chi connectivity index (χ3n) is 8.49. The summed E-state index contributed by atoms with van der Waals surface area (Å²) in [5.74, 6) is 2.06. The number of anilines is 1. The third-order valence-corrected chi connectivity index (χ3v) is 8.49. The summed E-state index contributed by atoms with van der Waals surface area (Å²) in [6.45, 7) is 3.71. The minimum Gasteiger partial charge on any atom is -0.353 e. The molecule has 0 bridgehead atoms. The number of rotatable bonds is 5. The Hall–Kier alpha value is -3.91. The Morgan fingerprint density at radius 2 is 1.79 bits per heavy atom. The van der Waals surface area contributed by atoms with Crippen LogP contribution in [0, 0.1) is 5.82 Å². The number of nitrogens with one attached hydrogen (secondary N) is 2. The molecule has 7 nitrogen and oxygen atoms in total. The van der Waals surface area contributed by atoms with E-state index in [0.717, 1.165) is 83.6 Å². The van der Waals surface area contributed by atoms with E-state index in [-0.39, 0.29) is 11.2 Å². The van der Waals surface area contributed by atoms with Crippen molar-refractivity contribution < 1.29 is 4.39 Å². The lowest BCUT2D eigenvalue weighted by atomic mass is 9.92. The fourth-order valence-electron chi connectivity index (χ4n) is 6.11. The van der Waals surface area contributed by atoms with E-state index >= 15 is 0 Å². The molecular weight excluding hydrogens is 477 g/mol. The first kappa shape index (κ1) is 22.1. The van der Waals surface area contributed by atoms with Crippen molar-refractivity contribution in [2.45, 2.75) is 37.0 Å². The molecule has 0 amide bonds. The van der Waals surface area contributed by atoms with Gasteiger partial charge in [0.25, 0.3) is 0 Å². The van der Waals surface area contributed by atoms with Crippen molar-refractivity contribution in [3.05, 3.63) is 77.6 Å². The van der Waals surface area contributed by atoms with Crippen LogP contribution in [0.5, 0.6) is 0 Å². The van der Waals surface area contributed by atoms with Crippen LogP contribution in [0.1, 0.15) is 48.4 Å². The lowest BCUT2D eigenvalue weighted by Gasteiger charge is -2.30. The van der Waals surface area contributed by atoms with Crippen molar-refractivity contribution >= 4 is 27.8 Å². The summed E-state index contributed by atoms with van der Waals surface area (Å²) in [6.07, 6.45) is 10.2. The van der Waals surface area contributed by atoms with Gasteiger partial charge < -0.3 is 15.2 Å². The van der Waals surface area contributed by atoms with E-state index in [0.29, 0.717) is 11.7 Å². The second-order valence-electron chi connectivity index (χ2n) is 10.9. The van der Waals surface area contributed by atoms with Gasteiger partial charge in [0, 0.05) is 66.0 Å². The van der Waals surface area contributed by atoms with Gasteiger partial charge in [-0.3, -0.25) is 4.98 Å². The van der Waals surface area contributed by atoms with Crippen molar-refractivity contribution in [2.24, 2.45) is 0 Å². The molecule has 38 heavy (non-hydrogen) atoms. The highest BCUT2D eigenvalue weighted by Crippen LogP contribution is 2.54. The number of benzene rings is 1. The van der Waals surface area contributed by atoms with Crippen LogP contribution in [-0.4, -0.2) is 51.1 Å². The first-order valence-electron chi connectivity index (χ1n) is 13.6. The Balaban J connectivity index is 1.29. The summed E-state index contributed by atoms with van der Waals surface area (Å²) in [6, 6.07) is 11.1. The van der Waals surface area contributed by atoms with Crippen molar-refractivity contribution in [2.75, 3.05) is 31.1 Å². The Labute approximate surface area is 219 Å². The standard InChI is InChI=1S/C30H28FN7/c31-20-5-3-19(4-6-20)30(8-9-30)25-15-22-21(7-10-34-27(22)36-25)28-35-24-17-33-16-23(18-1-2-18)26(24)29(37-28)38-13-11-32-12-14-38/h3-7,10,15-18,32H,1-2,8-9,11-14H2,(H,34,36). The quantitative estimate of drug-likeness (QED) is 0.347. The van der Waals surface area contributed by atoms with Crippen LogP contribution in [0.25, 0.3) is 33.3 Å². The topological polar surface area (TPSA) is 82.6 Å². The molecule has 2 N–H and O–H groups in total. The van der Waals surface area contributed by atoms with Crippen LogP contribution >= 0.6 is 0 Å². The molecule has 1 aliphatic heterocycles. The molecule has 2 aliphatic carbocycles. The number of hydrogen-bond acceptors (Lipinski definition) is 6. The van der Waals surface area contributed by atoms with Crippen LogP contribution in [0.15, 0.2) is 55.0 Å². The van der Waals surface area contributed by atoms with Crippen LogP contribution in [-0.2, 0) is 5.41 Å². The summed E-state index contributed by atoms with van der Waals surface area (Å²) in [7, 11) is 0. The summed E-state index contributed by atoms with van der Waals surface area (Å²) < 4.78 is 13.6. The van der Waals surface area contributed by atoms with E-state index in [2.05, 4.69) is 31.2 Å². The largest absolute Gasteiger partial charge is 0.353 e. The second-order valence-corrected chi connectivity index (χ2v) is 10.9. The van der Waals surface area contributed by atoms with E-state index < -0.39 is 0 Å². The number of H-pyrrole nitrogens is 1. The Kier molecular flexibility index (Phi) is 4.83. The van der Waals surface area contributed by atoms with Gasteiger partial charge in [0.2, 0.25) is 0 Å². The first-order chi connectivity index (χ1) is 18.7. The van der Waals surface area contributed by atoms with Crippen LogP contribution in [0.2, 0.25) is 0 Å². The lowest BCUT2D eigenvalue weighted by molar-refractivity contribution is 0.586. The minimum atomic E-state index is -0.210. The number of hydrogen-bond donors (Lipinski definition) is 2. The molecule has 3 fully saturated rings. The molecule has 0 radical (unpaired) electrons. The molecule has 2 saturated carbocycles. The zero-order chi connectivity index (χ0) is 25.3. The fraction of sp³-hybridized carbons (Fsp3) is 0.333. The number of fused-ring (bicyclic) bond motifs is 2. The molecule has 5 aromatic rings. The normalized spacial score (nSPS) is 18.8. The van der Waals surface area contributed by atoms with Gasteiger partial charge in [0.05, 0.1) is 11.7 Å². The summed E-state index contributed by atoms with van der Waals surface area (Å²) in [5.41, 5.74) is 6.09. The van der Waals surface area contributed by atoms with Gasteiger partial charge in [-0.15, -0.1) is 0 Å². The lowest BCUT2D eigenvalue weighted by Crippen LogP contribution is -2.44. The minimum absolute atomic E-state index is 0.120. The number of piperazine rings is 1. The molecule has 8 heteroatoms. The summed E-state index contributed by atoms with van der Waals surface area (Å²) in [4.78, 5) is 25.5. The molecular formula is C30H28FN7. The van der Waals surface area contributed by atoms with Gasteiger partial charge in [0.1, 0.15) is 17.3 Å². The van der Waals surface area contributed by atoms with Crippen LogP contribution in [0.4, 0.5) is 10.2 Å². The summed E-state index contributed by atoms with van der Waals surface area (Å²) in [5, 5.41) is 5.62. The van der Waals surface area contributed by atoms with E-state index in [1.54, 1.807) is 12.1 Å². The maximum absolute atomic E-state index is 13.6. The van der Waals surface area contributed by atoms with E-state index in [4.69, 9.17) is 9.97 Å². The van der Waals surface area contributed by atoms with Gasteiger partial charge >= 0.3 is 0 Å². The summed E-state index contributed by atoms with van der Waals surface area (Å²) >= 11 is 0. The van der Waals surface area contributed by atoms with Crippen molar-refractivity contribution in [1.82, 2.24) is 30.2 Å². The molecule has 0 unspecified atom stereocenters. The van der Waals surface area contributed by atoms with E-state index in [9.17, 15) is 4.39 Å². The zero-order valence-electron chi connectivity index (χ0n) is 21.0. The second kappa shape index (κ2) is 8.30. The van der Waals surface area contributed by atoms with Gasteiger partial charge in [-0.1, -0.05) is 12.1 Å². The molecule has 190 valence electrons. The fourth-order valence-corrected chi connectivity index (χ4v) is 6.11. The third kappa shape index (κ3) is 3.50. The van der Waals surface area contributed by atoms with Crippen molar-refractivity contribution in [1.29, 1.82) is 0 Å². The molecule has 3 aliphatic rings. The molecule has 1 aromatic carbocycles. The number of halogens is 1. The molecule has 0 spiro atoms. The van der Waals surface area contributed by atoms with E-state index in [1.165, 1.54) is 18.4 Å². The highest BCUT2D eigenvalue weighted by molar-refractivity contribution is 5.97. The highest BCUT2D eigenvalue weighted by atomic mass is 19.1. The Morgan fingerprint density at radius 3 is 2.55 bits per heavy atom. The highest BCUT2D eigenvalue weighted by Gasteiger charge is 2.47. The predicted molar refractivity (Wildman–Crippen MR) is 146 cm³/mol. The molecule has 5 heterocycles. The predicted octanol–water partition coefficient (Wildman–Crippen LogP) is 5.07. The zero-order valence-corrected chi connectivity index (χ0v) is 21.0. The van der Waals surface area contributed by atoms with E-state index in [1.807, 2.05) is 36.8 Å².